The van der Waals surface area contributed by atoms with E-state index >= 15 is 0 Å². The molecular formula is C26H23N5O2S. The Morgan fingerprint density at radius 1 is 1.09 bits per heavy atom. The Kier molecular flexibility index (Phi) is 5.38. The zero-order valence-corrected chi connectivity index (χ0v) is 19.4. The Bertz CT molecular complexity index is 1470. The van der Waals surface area contributed by atoms with Gasteiger partial charge in [-0.15, -0.1) is 17.8 Å². The molecule has 3 aromatic heterocycles. The molecule has 8 heteroatoms. The lowest BCUT2D eigenvalue weighted by molar-refractivity contribution is 0.0336. The van der Waals surface area contributed by atoms with E-state index in [4.69, 9.17) is 16.1 Å². The van der Waals surface area contributed by atoms with Crippen molar-refractivity contribution in [3.63, 3.8) is 0 Å². The van der Waals surface area contributed by atoms with Crippen molar-refractivity contribution in [2.75, 3.05) is 44.7 Å². The SMILES string of the molecule is C#Cc1cc(-c2ccc3c(ccc4sc5c(c43)NCCNC5=O)n2)cc(CN2CCOCC2)n1. The summed E-state index contributed by atoms with van der Waals surface area (Å²) in [6.07, 6.45) is 5.72. The standard InChI is InChI=1S/C26H23N5O2S/c1-2-17-13-16(14-18(29-17)15-31-9-11-33-12-10-31)20-4-3-19-21(30-20)5-6-22-23(19)24-25(34-22)26(32)28-8-7-27-24/h1,3-6,13-14,27H,7-12,15H2,(H,28,32). The summed E-state index contributed by atoms with van der Waals surface area (Å²) in [5, 5.41) is 8.46. The van der Waals surface area contributed by atoms with E-state index in [-0.39, 0.29) is 5.91 Å². The van der Waals surface area contributed by atoms with Gasteiger partial charge >= 0.3 is 0 Å². The summed E-state index contributed by atoms with van der Waals surface area (Å²) >= 11 is 1.51. The number of aromatic nitrogens is 2. The number of terminal acetylenes is 1. The van der Waals surface area contributed by atoms with Crippen LogP contribution in [0.25, 0.3) is 32.2 Å². The van der Waals surface area contributed by atoms with E-state index in [1.54, 1.807) is 0 Å². The molecule has 1 aromatic carbocycles. The summed E-state index contributed by atoms with van der Waals surface area (Å²) in [5.74, 6) is 2.67. The highest BCUT2D eigenvalue weighted by Gasteiger charge is 2.22. The fourth-order valence-corrected chi connectivity index (χ4v) is 5.72. The summed E-state index contributed by atoms with van der Waals surface area (Å²) in [7, 11) is 0. The predicted molar refractivity (Wildman–Crippen MR) is 135 cm³/mol. The number of morpholine rings is 1. The molecule has 34 heavy (non-hydrogen) atoms. The number of ether oxygens (including phenoxy) is 1. The van der Waals surface area contributed by atoms with Gasteiger partial charge in [0.05, 0.1) is 35.8 Å². The Labute approximate surface area is 201 Å². The zero-order chi connectivity index (χ0) is 23.1. The van der Waals surface area contributed by atoms with Crippen molar-refractivity contribution in [1.82, 2.24) is 20.2 Å². The first kappa shape index (κ1) is 21.1. The molecule has 0 unspecified atom stereocenters. The molecule has 1 saturated heterocycles. The van der Waals surface area contributed by atoms with Gasteiger partial charge in [0, 0.05) is 53.8 Å². The smallest absolute Gasteiger partial charge is 0.263 e. The second-order valence-electron chi connectivity index (χ2n) is 8.46. The van der Waals surface area contributed by atoms with Crippen LogP contribution >= 0.6 is 11.3 Å². The van der Waals surface area contributed by atoms with Crippen molar-refractivity contribution in [3.8, 4) is 23.6 Å². The maximum absolute atomic E-state index is 12.5. The van der Waals surface area contributed by atoms with Crippen LogP contribution in [0.5, 0.6) is 0 Å². The van der Waals surface area contributed by atoms with E-state index in [0.29, 0.717) is 18.8 Å². The van der Waals surface area contributed by atoms with Crippen LogP contribution in [0.4, 0.5) is 5.69 Å². The lowest BCUT2D eigenvalue weighted by atomic mass is 10.1. The molecule has 170 valence electrons. The van der Waals surface area contributed by atoms with E-state index in [2.05, 4.69) is 38.6 Å². The second kappa shape index (κ2) is 8.69. The lowest BCUT2D eigenvalue weighted by Crippen LogP contribution is -2.35. The van der Waals surface area contributed by atoms with Gasteiger partial charge in [-0.3, -0.25) is 9.69 Å². The molecule has 0 aliphatic carbocycles. The second-order valence-corrected chi connectivity index (χ2v) is 9.51. The van der Waals surface area contributed by atoms with Crippen molar-refractivity contribution in [2.24, 2.45) is 0 Å². The average Bonchev–Trinajstić information content (AvgIpc) is 3.16. The fourth-order valence-electron chi connectivity index (χ4n) is 4.61. The maximum Gasteiger partial charge on any atom is 0.263 e. The van der Waals surface area contributed by atoms with Gasteiger partial charge in [-0.05, 0) is 36.4 Å². The third-order valence-electron chi connectivity index (χ3n) is 6.25. The van der Waals surface area contributed by atoms with Gasteiger partial charge in [-0.1, -0.05) is 5.92 Å². The van der Waals surface area contributed by atoms with Gasteiger partial charge in [-0.2, -0.15) is 0 Å². The van der Waals surface area contributed by atoms with Crippen molar-refractivity contribution in [2.45, 2.75) is 6.54 Å². The van der Waals surface area contributed by atoms with Crippen molar-refractivity contribution in [1.29, 1.82) is 0 Å². The minimum absolute atomic E-state index is 0.0228. The van der Waals surface area contributed by atoms with Crippen LogP contribution < -0.4 is 10.6 Å². The number of nitrogens with zero attached hydrogens (tertiary/aromatic N) is 3. The number of benzene rings is 1. The van der Waals surface area contributed by atoms with Gasteiger partial charge in [0.2, 0.25) is 0 Å². The van der Waals surface area contributed by atoms with Gasteiger partial charge in [0.1, 0.15) is 10.6 Å². The lowest BCUT2D eigenvalue weighted by Gasteiger charge is -2.26. The number of carbonyl (C=O) groups is 1. The van der Waals surface area contributed by atoms with Gasteiger partial charge < -0.3 is 15.4 Å². The van der Waals surface area contributed by atoms with Crippen LogP contribution in [-0.2, 0) is 11.3 Å². The number of nitrogens with one attached hydrogen (secondary N) is 2. The highest BCUT2D eigenvalue weighted by atomic mass is 32.1. The first-order chi connectivity index (χ1) is 16.7. The Morgan fingerprint density at radius 3 is 2.79 bits per heavy atom. The first-order valence-corrected chi connectivity index (χ1v) is 12.2. The molecule has 1 amide bonds. The number of thiophene rings is 1. The number of carbonyl (C=O) groups excluding carboxylic acids is 1. The quantitative estimate of drug-likeness (QED) is 0.448. The first-order valence-electron chi connectivity index (χ1n) is 11.4. The molecule has 0 atom stereocenters. The van der Waals surface area contributed by atoms with Crippen LogP contribution in [0.2, 0.25) is 0 Å². The molecule has 2 aliphatic heterocycles. The van der Waals surface area contributed by atoms with Crippen molar-refractivity contribution >= 4 is 43.9 Å². The number of fused-ring (bicyclic) bond motifs is 5. The Morgan fingerprint density at radius 2 is 1.94 bits per heavy atom. The van der Waals surface area contributed by atoms with Crippen LogP contribution in [0, 0.1) is 12.3 Å². The van der Waals surface area contributed by atoms with Crippen molar-refractivity contribution < 1.29 is 9.53 Å². The van der Waals surface area contributed by atoms with Crippen LogP contribution in [0.3, 0.4) is 0 Å². The molecule has 2 N–H and O–H groups in total. The number of hydrogen-bond acceptors (Lipinski definition) is 7. The Balaban J connectivity index is 1.42. The van der Waals surface area contributed by atoms with E-state index in [1.165, 1.54) is 11.3 Å². The number of rotatable bonds is 3. The number of hydrogen-bond donors (Lipinski definition) is 2. The fraction of sp³-hybridized carbons (Fsp3) is 0.269. The zero-order valence-electron chi connectivity index (χ0n) is 18.6. The maximum atomic E-state index is 12.5. The predicted octanol–water partition coefficient (Wildman–Crippen LogP) is 3.48. The van der Waals surface area contributed by atoms with Crippen LogP contribution in [0.1, 0.15) is 21.1 Å². The van der Waals surface area contributed by atoms with Gasteiger partial charge in [-0.25, -0.2) is 9.97 Å². The number of anilines is 1. The van der Waals surface area contributed by atoms with E-state index in [9.17, 15) is 4.79 Å². The summed E-state index contributed by atoms with van der Waals surface area (Å²) in [5.41, 5.74) is 5.13. The molecule has 0 bridgehead atoms. The highest BCUT2D eigenvalue weighted by molar-refractivity contribution is 7.21. The van der Waals surface area contributed by atoms with Gasteiger partial charge in [0.25, 0.3) is 5.91 Å². The molecule has 2 aliphatic rings. The Hall–Kier alpha value is -3.51. The largest absolute Gasteiger partial charge is 0.381 e. The summed E-state index contributed by atoms with van der Waals surface area (Å²) in [6, 6.07) is 12.2. The molecule has 0 radical (unpaired) electrons. The summed E-state index contributed by atoms with van der Waals surface area (Å²) < 4.78 is 6.53. The molecule has 0 saturated carbocycles. The molecule has 4 aromatic rings. The summed E-state index contributed by atoms with van der Waals surface area (Å²) in [6.45, 7) is 5.30. The summed E-state index contributed by atoms with van der Waals surface area (Å²) in [4.78, 5) is 25.2. The monoisotopic (exact) mass is 469 g/mol. The highest BCUT2D eigenvalue weighted by Crippen LogP contribution is 2.41. The normalized spacial score (nSPS) is 16.5. The molecule has 0 spiro atoms. The number of pyridine rings is 2. The average molecular weight is 470 g/mol. The van der Waals surface area contributed by atoms with Crippen molar-refractivity contribution in [3.05, 3.63) is 52.7 Å². The third kappa shape index (κ3) is 3.78. The minimum Gasteiger partial charge on any atom is -0.381 e. The van der Waals surface area contributed by atoms with Crippen LogP contribution in [0.15, 0.2) is 36.4 Å². The third-order valence-corrected chi connectivity index (χ3v) is 7.41. The minimum atomic E-state index is -0.0228. The van der Waals surface area contributed by atoms with E-state index < -0.39 is 0 Å². The van der Waals surface area contributed by atoms with Gasteiger partial charge in [0.15, 0.2) is 0 Å². The van der Waals surface area contributed by atoms with E-state index in [0.717, 1.165) is 81.4 Å². The molecular weight excluding hydrogens is 446 g/mol. The number of amides is 1. The topological polar surface area (TPSA) is 79.4 Å². The van der Waals surface area contributed by atoms with E-state index in [1.807, 2.05) is 24.3 Å². The molecule has 5 heterocycles. The molecule has 6 rings (SSSR count). The molecule has 7 nitrogen and oxygen atoms in total. The van der Waals surface area contributed by atoms with Crippen LogP contribution in [-0.4, -0.2) is 60.2 Å². The molecule has 1 fully saturated rings.